The first-order chi connectivity index (χ1) is 12.5. The van der Waals surface area contributed by atoms with Crippen LogP contribution in [0.2, 0.25) is 0 Å². The molecule has 1 N–H and O–H groups in total. The molecule has 2 aromatic carbocycles. The second-order valence-electron chi connectivity index (χ2n) is 5.86. The molecule has 1 aromatic heterocycles. The molecule has 0 saturated carbocycles. The summed E-state index contributed by atoms with van der Waals surface area (Å²) in [6, 6.07) is 14.8. The summed E-state index contributed by atoms with van der Waals surface area (Å²) in [6.45, 7) is 0.473. The van der Waals surface area contributed by atoms with E-state index in [-0.39, 0.29) is 5.91 Å². The lowest BCUT2D eigenvalue weighted by Gasteiger charge is -2.17. The van der Waals surface area contributed by atoms with Crippen molar-refractivity contribution in [1.82, 2.24) is 9.88 Å². The van der Waals surface area contributed by atoms with Crippen LogP contribution < -0.4 is 5.32 Å². The number of hydrogen-bond donors (Lipinski definition) is 1. The van der Waals surface area contributed by atoms with Gasteiger partial charge >= 0.3 is 0 Å². The highest BCUT2D eigenvalue weighted by atomic mass is 19.2. The van der Waals surface area contributed by atoms with E-state index in [4.69, 9.17) is 0 Å². The Hall–Kier alpha value is -3.28. The Morgan fingerprint density at radius 2 is 1.77 bits per heavy atom. The molecule has 4 nitrogen and oxygen atoms in total. The molecule has 132 valence electrons. The van der Waals surface area contributed by atoms with Crippen LogP contribution in [0.25, 0.3) is 0 Å². The smallest absolute Gasteiger partial charge is 0.255 e. The Kier molecular flexibility index (Phi) is 5.22. The third-order valence-electron chi connectivity index (χ3n) is 3.80. The van der Waals surface area contributed by atoms with Crippen molar-refractivity contribution in [2.45, 2.75) is 6.54 Å². The molecule has 26 heavy (non-hydrogen) atoms. The number of amides is 1. The first-order valence-electron chi connectivity index (χ1n) is 7.99. The zero-order valence-electron chi connectivity index (χ0n) is 14.1. The Balaban J connectivity index is 1.73. The van der Waals surface area contributed by atoms with Gasteiger partial charge in [0.1, 0.15) is 0 Å². The second kappa shape index (κ2) is 7.74. The summed E-state index contributed by atoms with van der Waals surface area (Å²) in [5, 5.41) is 2.92. The molecule has 0 bridgehead atoms. The van der Waals surface area contributed by atoms with Crippen LogP contribution in [-0.2, 0) is 6.54 Å². The average Bonchev–Trinajstić information content (AvgIpc) is 2.65. The van der Waals surface area contributed by atoms with Gasteiger partial charge in [0.15, 0.2) is 11.6 Å². The number of nitrogens with one attached hydrogen (secondary N) is 1. The number of pyridine rings is 1. The standard InChI is InChI=1S/C20H17F2N3O/c1-25(13-14-5-3-2-4-6-14)20(26)15-9-17(12-23-11-15)24-16-7-8-18(21)19(22)10-16/h2-12,24H,13H2,1H3. The van der Waals surface area contributed by atoms with Gasteiger partial charge in [0.2, 0.25) is 0 Å². The van der Waals surface area contributed by atoms with Crippen LogP contribution in [0.1, 0.15) is 15.9 Å². The zero-order chi connectivity index (χ0) is 18.5. The van der Waals surface area contributed by atoms with Crippen molar-refractivity contribution in [3.05, 3.63) is 89.8 Å². The number of aromatic nitrogens is 1. The lowest BCUT2D eigenvalue weighted by atomic mass is 10.2. The molecular weight excluding hydrogens is 336 g/mol. The summed E-state index contributed by atoms with van der Waals surface area (Å²) >= 11 is 0. The number of carbonyl (C=O) groups is 1. The van der Waals surface area contributed by atoms with E-state index in [9.17, 15) is 13.6 Å². The molecule has 3 rings (SSSR count). The van der Waals surface area contributed by atoms with E-state index in [1.807, 2.05) is 30.3 Å². The van der Waals surface area contributed by atoms with Crippen molar-refractivity contribution in [3.8, 4) is 0 Å². The molecule has 0 spiro atoms. The van der Waals surface area contributed by atoms with Crippen LogP contribution in [0, 0.1) is 11.6 Å². The van der Waals surface area contributed by atoms with Gasteiger partial charge in [-0.2, -0.15) is 0 Å². The highest BCUT2D eigenvalue weighted by molar-refractivity contribution is 5.94. The fourth-order valence-corrected chi connectivity index (χ4v) is 2.52. The number of carbonyl (C=O) groups excluding carboxylic acids is 1. The number of rotatable bonds is 5. The van der Waals surface area contributed by atoms with Crippen LogP contribution in [0.5, 0.6) is 0 Å². The predicted molar refractivity (Wildman–Crippen MR) is 96.1 cm³/mol. The molecule has 0 atom stereocenters. The van der Waals surface area contributed by atoms with Gasteiger partial charge in [-0.3, -0.25) is 9.78 Å². The summed E-state index contributed by atoms with van der Waals surface area (Å²) in [7, 11) is 1.71. The highest BCUT2D eigenvalue weighted by Crippen LogP contribution is 2.20. The Bertz CT molecular complexity index is 916. The van der Waals surface area contributed by atoms with Crippen LogP contribution in [0.3, 0.4) is 0 Å². The quantitative estimate of drug-likeness (QED) is 0.741. The highest BCUT2D eigenvalue weighted by Gasteiger charge is 2.13. The van der Waals surface area contributed by atoms with Crippen molar-refractivity contribution >= 4 is 17.3 Å². The maximum absolute atomic E-state index is 13.3. The largest absolute Gasteiger partial charge is 0.354 e. The topological polar surface area (TPSA) is 45.2 Å². The number of anilines is 2. The molecule has 0 aliphatic heterocycles. The number of hydrogen-bond acceptors (Lipinski definition) is 3. The summed E-state index contributed by atoms with van der Waals surface area (Å²) in [6.07, 6.45) is 2.98. The van der Waals surface area contributed by atoms with Gasteiger partial charge in [-0.1, -0.05) is 30.3 Å². The van der Waals surface area contributed by atoms with Gasteiger partial charge in [0.25, 0.3) is 5.91 Å². The number of benzene rings is 2. The van der Waals surface area contributed by atoms with Crippen molar-refractivity contribution in [2.75, 3.05) is 12.4 Å². The second-order valence-corrected chi connectivity index (χ2v) is 5.86. The monoisotopic (exact) mass is 353 g/mol. The Labute approximate surface area is 150 Å². The molecule has 0 fully saturated rings. The average molecular weight is 353 g/mol. The van der Waals surface area contributed by atoms with E-state index in [1.54, 1.807) is 18.0 Å². The van der Waals surface area contributed by atoms with Crippen molar-refractivity contribution in [2.24, 2.45) is 0 Å². The minimum atomic E-state index is -0.946. The fourth-order valence-electron chi connectivity index (χ4n) is 2.52. The maximum Gasteiger partial charge on any atom is 0.255 e. The van der Waals surface area contributed by atoms with E-state index >= 15 is 0 Å². The molecule has 0 unspecified atom stereocenters. The summed E-state index contributed by atoms with van der Waals surface area (Å²) in [5.74, 6) is -2.05. The third kappa shape index (κ3) is 4.22. The lowest BCUT2D eigenvalue weighted by Crippen LogP contribution is -2.26. The Morgan fingerprint density at radius 3 is 2.50 bits per heavy atom. The summed E-state index contributed by atoms with van der Waals surface area (Å²) < 4.78 is 26.3. The molecule has 1 amide bonds. The van der Waals surface area contributed by atoms with Gasteiger partial charge in [0.05, 0.1) is 17.4 Å². The van der Waals surface area contributed by atoms with Crippen molar-refractivity contribution in [3.63, 3.8) is 0 Å². The maximum atomic E-state index is 13.3. The fraction of sp³-hybridized carbons (Fsp3) is 0.100. The van der Waals surface area contributed by atoms with Crippen LogP contribution in [0.4, 0.5) is 20.2 Å². The van der Waals surface area contributed by atoms with Gasteiger partial charge in [-0.15, -0.1) is 0 Å². The third-order valence-corrected chi connectivity index (χ3v) is 3.80. The van der Waals surface area contributed by atoms with E-state index in [0.29, 0.717) is 23.5 Å². The van der Waals surface area contributed by atoms with E-state index in [0.717, 1.165) is 17.7 Å². The molecule has 3 aromatic rings. The number of nitrogens with zero attached hydrogens (tertiary/aromatic N) is 2. The van der Waals surface area contributed by atoms with Gasteiger partial charge < -0.3 is 10.2 Å². The molecule has 1 heterocycles. The zero-order valence-corrected chi connectivity index (χ0v) is 14.1. The molecule has 6 heteroatoms. The summed E-state index contributed by atoms with van der Waals surface area (Å²) in [4.78, 5) is 18.2. The van der Waals surface area contributed by atoms with Crippen LogP contribution >= 0.6 is 0 Å². The van der Waals surface area contributed by atoms with Crippen LogP contribution in [-0.4, -0.2) is 22.8 Å². The van der Waals surface area contributed by atoms with E-state index < -0.39 is 11.6 Å². The van der Waals surface area contributed by atoms with Crippen LogP contribution in [0.15, 0.2) is 67.0 Å². The molecule has 0 aliphatic carbocycles. The molecular formula is C20H17F2N3O. The van der Waals surface area contributed by atoms with E-state index in [1.165, 1.54) is 18.5 Å². The normalized spacial score (nSPS) is 10.4. The van der Waals surface area contributed by atoms with Crippen molar-refractivity contribution < 1.29 is 13.6 Å². The molecule has 0 radical (unpaired) electrons. The predicted octanol–water partition coefficient (Wildman–Crippen LogP) is 4.38. The Morgan fingerprint density at radius 1 is 1.00 bits per heavy atom. The summed E-state index contributed by atoms with van der Waals surface area (Å²) in [5.41, 5.74) is 2.30. The minimum Gasteiger partial charge on any atom is -0.354 e. The SMILES string of the molecule is CN(Cc1ccccc1)C(=O)c1cncc(Nc2ccc(F)c(F)c2)c1. The van der Waals surface area contributed by atoms with Crippen molar-refractivity contribution in [1.29, 1.82) is 0 Å². The van der Waals surface area contributed by atoms with E-state index in [2.05, 4.69) is 10.3 Å². The lowest BCUT2D eigenvalue weighted by molar-refractivity contribution is 0.0784. The van der Waals surface area contributed by atoms with Gasteiger partial charge in [0, 0.05) is 31.5 Å². The molecule has 0 saturated heterocycles. The molecule has 0 aliphatic rings. The first kappa shape index (κ1) is 17.5. The first-order valence-corrected chi connectivity index (χ1v) is 7.99. The minimum absolute atomic E-state index is 0.185. The van der Waals surface area contributed by atoms with Gasteiger partial charge in [-0.05, 0) is 23.8 Å². The number of halogens is 2. The van der Waals surface area contributed by atoms with Gasteiger partial charge in [-0.25, -0.2) is 8.78 Å².